The van der Waals surface area contributed by atoms with Gasteiger partial charge >= 0.3 is 5.97 Å². The fraction of sp³-hybridized carbons (Fsp3) is 0.200. The second-order valence-corrected chi connectivity index (χ2v) is 7.23. The molecule has 0 atom stereocenters. The summed E-state index contributed by atoms with van der Waals surface area (Å²) in [5.74, 6) is -1.15. The first kappa shape index (κ1) is 21.1. The normalized spacial score (nSPS) is 10.5. The molecule has 0 aliphatic carbocycles. The van der Waals surface area contributed by atoms with E-state index in [0.717, 1.165) is 28.7 Å². The van der Waals surface area contributed by atoms with Gasteiger partial charge in [-0.25, -0.2) is 0 Å². The summed E-state index contributed by atoms with van der Waals surface area (Å²) in [7, 11) is 0. The van der Waals surface area contributed by atoms with Crippen LogP contribution in [0.4, 0.5) is 0 Å². The van der Waals surface area contributed by atoms with E-state index in [0.29, 0.717) is 19.4 Å². The Morgan fingerprint density at radius 3 is 2.10 bits per heavy atom. The van der Waals surface area contributed by atoms with Gasteiger partial charge in [-0.05, 0) is 53.6 Å². The Labute approximate surface area is 176 Å². The van der Waals surface area contributed by atoms with Crippen molar-refractivity contribution in [3.63, 3.8) is 0 Å². The molecule has 0 saturated heterocycles. The third-order valence-electron chi connectivity index (χ3n) is 4.91. The maximum Gasteiger partial charge on any atom is 0.303 e. The lowest BCUT2D eigenvalue weighted by Crippen LogP contribution is -2.25. The fourth-order valence-corrected chi connectivity index (χ4v) is 3.25. The highest BCUT2D eigenvalue weighted by Crippen LogP contribution is 2.21. The summed E-state index contributed by atoms with van der Waals surface area (Å²) in [4.78, 5) is 23.2. The van der Waals surface area contributed by atoms with Gasteiger partial charge in [0.25, 0.3) is 5.91 Å². The molecule has 3 N–H and O–H groups in total. The Balaban J connectivity index is 1.60. The maximum absolute atomic E-state index is 12.5. The number of carboxylic acid groups (broad SMARTS) is 1. The molecule has 0 saturated carbocycles. The van der Waals surface area contributed by atoms with Crippen LogP contribution in [0.5, 0.6) is 5.75 Å². The van der Waals surface area contributed by atoms with Crippen LogP contribution in [0.3, 0.4) is 0 Å². The molecule has 3 rings (SSSR count). The molecule has 3 aromatic rings. The van der Waals surface area contributed by atoms with Crippen molar-refractivity contribution in [3.05, 3.63) is 101 Å². The highest BCUT2D eigenvalue weighted by atomic mass is 16.4. The second kappa shape index (κ2) is 10.3. The number of phenols is 1. The van der Waals surface area contributed by atoms with Crippen molar-refractivity contribution in [2.75, 3.05) is 6.54 Å². The number of benzene rings is 3. The Kier molecular flexibility index (Phi) is 7.22. The van der Waals surface area contributed by atoms with E-state index in [9.17, 15) is 14.7 Å². The minimum Gasteiger partial charge on any atom is -0.507 e. The molecule has 30 heavy (non-hydrogen) atoms. The lowest BCUT2D eigenvalue weighted by molar-refractivity contribution is -0.136. The van der Waals surface area contributed by atoms with Gasteiger partial charge in [-0.1, -0.05) is 60.7 Å². The summed E-state index contributed by atoms with van der Waals surface area (Å²) in [5, 5.41) is 21.8. The number of aliphatic carboxylic acids is 1. The monoisotopic (exact) mass is 403 g/mol. The smallest absolute Gasteiger partial charge is 0.303 e. The molecule has 0 aromatic heterocycles. The van der Waals surface area contributed by atoms with Gasteiger partial charge in [0, 0.05) is 13.0 Å². The molecule has 0 aliphatic heterocycles. The number of rotatable bonds is 9. The molecule has 0 radical (unpaired) electrons. The number of amides is 1. The molecule has 1 amide bonds. The number of carboxylic acids is 1. The van der Waals surface area contributed by atoms with Crippen LogP contribution in [0.15, 0.2) is 72.8 Å². The number of carbonyl (C=O) groups is 2. The molecule has 0 aliphatic rings. The van der Waals surface area contributed by atoms with Crippen molar-refractivity contribution in [1.82, 2.24) is 5.32 Å². The zero-order chi connectivity index (χ0) is 21.3. The predicted molar refractivity (Wildman–Crippen MR) is 116 cm³/mol. The number of carbonyl (C=O) groups excluding carboxylic acids is 1. The SMILES string of the molecule is O=C(O)CCc1ccc(Cc2ccc(O)c(C(=O)NCCc3ccccc3)c2)cc1. The Morgan fingerprint density at radius 2 is 1.40 bits per heavy atom. The first-order valence-corrected chi connectivity index (χ1v) is 9.95. The number of phenolic OH excluding ortho intramolecular Hbond substituents is 1. The zero-order valence-corrected chi connectivity index (χ0v) is 16.7. The predicted octanol–water partition coefficient (Wildman–Crippen LogP) is 3.97. The van der Waals surface area contributed by atoms with Crippen LogP contribution in [0, 0.1) is 0 Å². The van der Waals surface area contributed by atoms with Crippen LogP contribution in [0.25, 0.3) is 0 Å². The fourth-order valence-electron chi connectivity index (χ4n) is 3.25. The van der Waals surface area contributed by atoms with Gasteiger partial charge in [-0.2, -0.15) is 0 Å². The van der Waals surface area contributed by atoms with Gasteiger partial charge in [-0.15, -0.1) is 0 Å². The summed E-state index contributed by atoms with van der Waals surface area (Å²) in [6.45, 7) is 0.490. The van der Waals surface area contributed by atoms with Crippen LogP contribution in [-0.4, -0.2) is 28.6 Å². The third-order valence-corrected chi connectivity index (χ3v) is 4.91. The number of hydrogen-bond donors (Lipinski definition) is 3. The third kappa shape index (κ3) is 6.21. The van der Waals surface area contributed by atoms with Crippen LogP contribution < -0.4 is 5.32 Å². The van der Waals surface area contributed by atoms with E-state index in [1.165, 1.54) is 0 Å². The van der Waals surface area contributed by atoms with Crippen LogP contribution >= 0.6 is 0 Å². The molecule has 0 bridgehead atoms. The lowest BCUT2D eigenvalue weighted by Gasteiger charge is -2.10. The van der Waals surface area contributed by atoms with Crippen molar-refractivity contribution < 1.29 is 19.8 Å². The molecule has 154 valence electrons. The second-order valence-electron chi connectivity index (χ2n) is 7.23. The van der Waals surface area contributed by atoms with Gasteiger partial charge in [-0.3, -0.25) is 9.59 Å². The molecule has 5 heteroatoms. The average molecular weight is 403 g/mol. The quantitative estimate of drug-likeness (QED) is 0.505. The molecule has 3 aromatic carbocycles. The van der Waals surface area contributed by atoms with E-state index in [1.807, 2.05) is 54.6 Å². The standard InChI is InChI=1S/C25H25NO4/c27-23-12-10-21(16-20-8-6-19(7-9-20)11-13-24(28)29)17-22(23)25(30)26-15-14-18-4-2-1-3-5-18/h1-10,12,17,27H,11,13-16H2,(H,26,30)(H,28,29). The van der Waals surface area contributed by atoms with E-state index < -0.39 is 5.97 Å². The van der Waals surface area contributed by atoms with Gasteiger partial charge in [0.1, 0.15) is 5.75 Å². The Morgan fingerprint density at radius 1 is 0.767 bits per heavy atom. The van der Waals surface area contributed by atoms with Crippen molar-refractivity contribution >= 4 is 11.9 Å². The molecule has 0 heterocycles. The maximum atomic E-state index is 12.5. The number of aryl methyl sites for hydroxylation is 1. The number of hydrogen-bond acceptors (Lipinski definition) is 3. The summed E-state index contributed by atoms with van der Waals surface area (Å²) >= 11 is 0. The highest BCUT2D eigenvalue weighted by Gasteiger charge is 2.12. The molecule has 0 fully saturated rings. The van der Waals surface area contributed by atoms with Gasteiger partial charge in [0.05, 0.1) is 5.56 Å². The van der Waals surface area contributed by atoms with Crippen LogP contribution in [0.2, 0.25) is 0 Å². The zero-order valence-electron chi connectivity index (χ0n) is 16.7. The summed E-state index contributed by atoms with van der Waals surface area (Å²) in [6, 6.07) is 22.7. The van der Waals surface area contributed by atoms with Crippen LogP contribution in [-0.2, 0) is 24.1 Å². The molecular formula is C25H25NO4. The number of nitrogens with one attached hydrogen (secondary N) is 1. The van der Waals surface area contributed by atoms with Crippen molar-refractivity contribution in [3.8, 4) is 5.75 Å². The van der Waals surface area contributed by atoms with Crippen molar-refractivity contribution in [1.29, 1.82) is 0 Å². The van der Waals surface area contributed by atoms with Crippen molar-refractivity contribution in [2.24, 2.45) is 0 Å². The first-order valence-electron chi connectivity index (χ1n) is 9.95. The first-order chi connectivity index (χ1) is 14.5. The van der Waals surface area contributed by atoms with Crippen LogP contribution in [0.1, 0.15) is 39.0 Å². The van der Waals surface area contributed by atoms with E-state index in [2.05, 4.69) is 5.32 Å². The molecule has 5 nitrogen and oxygen atoms in total. The van der Waals surface area contributed by atoms with E-state index >= 15 is 0 Å². The molecular weight excluding hydrogens is 378 g/mol. The molecule has 0 spiro atoms. The van der Waals surface area contributed by atoms with E-state index in [-0.39, 0.29) is 23.6 Å². The van der Waals surface area contributed by atoms with Gasteiger partial charge in [0.15, 0.2) is 0 Å². The lowest BCUT2D eigenvalue weighted by atomic mass is 10.00. The Hall–Kier alpha value is -3.60. The topological polar surface area (TPSA) is 86.6 Å². The van der Waals surface area contributed by atoms with Crippen molar-refractivity contribution in [2.45, 2.75) is 25.7 Å². The average Bonchev–Trinajstić information content (AvgIpc) is 2.75. The largest absolute Gasteiger partial charge is 0.507 e. The summed E-state index contributed by atoms with van der Waals surface area (Å²) < 4.78 is 0. The number of aromatic hydroxyl groups is 1. The van der Waals surface area contributed by atoms with Gasteiger partial charge < -0.3 is 15.5 Å². The highest BCUT2D eigenvalue weighted by molar-refractivity contribution is 5.97. The van der Waals surface area contributed by atoms with E-state index in [4.69, 9.17) is 5.11 Å². The summed E-state index contributed by atoms with van der Waals surface area (Å²) in [6.07, 6.45) is 1.95. The molecule has 0 unspecified atom stereocenters. The van der Waals surface area contributed by atoms with Gasteiger partial charge in [0.2, 0.25) is 0 Å². The minimum atomic E-state index is -0.808. The van der Waals surface area contributed by atoms with E-state index in [1.54, 1.807) is 18.2 Å². The Bertz CT molecular complexity index is 997. The summed E-state index contributed by atoms with van der Waals surface area (Å²) in [5.41, 5.74) is 4.35. The minimum absolute atomic E-state index is 0.0417.